The Morgan fingerprint density at radius 1 is 0.935 bits per heavy atom. The molecular weight excluding hydrogens is 402 g/mol. The molecule has 1 aromatic carbocycles. The molecule has 0 spiro atoms. The summed E-state index contributed by atoms with van der Waals surface area (Å²) in [5.41, 5.74) is 1.03. The van der Waals surface area contributed by atoms with Crippen molar-refractivity contribution < 1.29 is 28.7 Å². The van der Waals surface area contributed by atoms with Crippen LogP contribution in [-0.4, -0.2) is 46.6 Å². The molecule has 164 valence electrons. The first-order valence-corrected chi connectivity index (χ1v) is 10.1. The molecule has 9 nitrogen and oxygen atoms in total. The van der Waals surface area contributed by atoms with Gasteiger partial charge in [0.15, 0.2) is 6.10 Å². The number of amides is 4. The van der Waals surface area contributed by atoms with Crippen LogP contribution >= 0.6 is 0 Å². The van der Waals surface area contributed by atoms with E-state index < -0.39 is 35.9 Å². The van der Waals surface area contributed by atoms with Crippen molar-refractivity contribution in [2.24, 2.45) is 11.8 Å². The van der Waals surface area contributed by atoms with Gasteiger partial charge in [-0.1, -0.05) is 12.2 Å². The molecule has 3 rings (SSSR count). The van der Waals surface area contributed by atoms with E-state index in [9.17, 15) is 24.0 Å². The second-order valence-corrected chi connectivity index (χ2v) is 7.71. The normalized spacial score (nSPS) is 21.8. The van der Waals surface area contributed by atoms with Crippen LogP contribution in [0.15, 0.2) is 36.4 Å². The number of hydrogen-bond acceptors (Lipinski definition) is 6. The number of rotatable bonds is 6. The van der Waals surface area contributed by atoms with Gasteiger partial charge in [0.25, 0.3) is 5.91 Å². The third kappa shape index (κ3) is 4.82. The van der Waals surface area contributed by atoms with Crippen molar-refractivity contribution in [1.29, 1.82) is 0 Å². The summed E-state index contributed by atoms with van der Waals surface area (Å²) in [7, 11) is 0. The molecule has 1 aliphatic heterocycles. The Hall–Kier alpha value is -3.49. The summed E-state index contributed by atoms with van der Waals surface area (Å²) in [6.07, 6.45) is 3.56. The Morgan fingerprint density at radius 2 is 1.42 bits per heavy atom. The highest BCUT2D eigenvalue weighted by molar-refractivity contribution is 6.08. The summed E-state index contributed by atoms with van der Waals surface area (Å²) in [5.74, 6) is -3.22. The van der Waals surface area contributed by atoms with Crippen LogP contribution in [-0.2, 0) is 28.7 Å². The quantitative estimate of drug-likeness (QED) is 0.406. The molecule has 1 aromatic rings. The number of ether oxygens (including phenoxy) is 1. The molecule has 4 amide bonds. The molecule has 1 saturated heterocycles. The highest BCUT2D eigenvalue weighted by atomic mass is 16.5. The fourth-order valence-electron chi connectivity index (χ4n) is 3.72. The summed E-state index contributed by atoms with van der Waals surface area (Å²) in [4.78, 5) is 62.2. The third-order valence-corrected chi connectivity index (χ3v) is 5.41. The maximum atomic E-state index is 12.6. The van der Waals surface area contributed by atoms with Gasteiger partial charge in [0.1, 0.15) is 6.04 Å². The van der Waals surface area contributed by atoms with Crippen LogP contribution in [0.2, 0.25) is 0 Å². The van der Waals surface area contributed by atoms with Crippen molar-refractivity contribution in [1.82, 2.24) is 4.90 Å². The number of carbonyl (C=O) groups excluding carboxylic acids is 5. The maximum absolute atomic E-state index is 12.6. The van der Waals surface area contributed by atoms with Gasteiger partial charge in [0.05, 0.1) is 11.8 Å². The van der Waals surface area contributed by atoms with E-state index in [2.05, 4.69) is 10.6 Å². The third-order valence-electron chi connectivity index (χ3n) is 5.41. The summed E-state index contributed by atoms with van der Waals surface area (Å²) in [6.45, 7) is 4.22. The summed E-state index contributed by atoms with van der Waals surface area (Å²) < 4.78 is 5.22. The van der Waals surface area contributed by atoms with Gasteiger partial charge in [-0.2, -0.15) is 0 Å². The van der Waals surface area contributed by atoms with Crippen LogP contribution < -0.4 is 10.6 Å². The Morgan fingerprint density at radius 3 is 1.90 bits per heavy atom. The lowest BCUT2D eigenvalue weighted by atomic mass is 9.85. The van der Waals surface area contributed by atoms with E-state index in [0.29, 0.717) is 24.2 Å². The number of anilines is 2. The number of imide groups is 1. The summed E-state index contributed by atoms with van der Waals surface area (Å²) >= 11 is 0. The Kier molecular flexibility index (Phi) is 6.53. The highest BCUT2D eigenvalue weighted by Gasteiger charge is 2.50. The van der Waals surface area contributed by atoms with E-state index in [0.717, 1.165) is 4.90 Å². The molecule has 0 aromatic heterocycles. The van der Waals surface area contributed by atoms with Gasteiger partial charge < -0.3 is 15.4 Å². The number of nitrogens with one attached hydrogen (secondary N) is 2. The van der Waals surface area contributed by atoms with Crippen LogP contribution in [0.5, 0.6) is 0 Å². The van der Waals surface area contributed by atoms with Crippen molar-refractivity contribution in [2.45, 2.75) is 45.8 Å². The summed E-state index contributed by atoms with van der Waals surface area (Å²) in [5, 5.41) is 5.22. The molecule has 2 N–H and O–H groups in total. The number of esters is 1. The molecule has 1 aliphatic carbocycles. The number of fused-ring (bicyclic) bond motifs is 1. The fourth-order valence-corrected chi connectivity index (χ4v) is 3.72. The van der Waals surface area contributed by atoms with E-state index >= 15 is 0 Å². The lowest BCUT2D eigenvalue weighted by molar-refractivity contribution is -0.163. The Labute approximate surface area is 179 Å². The first-order valence-electron chi connectivity index (χ1n) is 10.1. The molecule has 0 unspecified atom stereocenters. The fraction of sp³-hybridized carbons (Fsp3) is 0.409. The predicted molar refractivity (Wildman–Crippen MR) is 112 cm³/mol. The Bertz CT molecular complexity index is 913. The van der Waals surface area contributed by atoms with Gasteiger partial charge in [-0.3, -0.25) is 24.1 Å². The van der Waals surface area contributed by atoms with Gasteiger partial charge in [0.2, 0.25) is 17.7 Å². The standard InChI is InChI=1S/C22H25N3O6/c1-12(25-20(28)17-6-4-5-7-18(17)21(25)29)22(30)31-13(2)19(27)24-16-10-8-15(9-11-16)23-14(3)26/h4-5,8-13,17-18H,6-7H2,1-3H3,(H,23,26)(H,24,27)/t12-,13-,17+,18+/m0/s1. The average Bonchev–Trinajstić information content (AvgIpc) is 2.99. The van der Waals surface area contributed by atoms with E-state index in [-0.39, 0.29) is 17.7 Å². The maximum Gasteiger partial charge on any atom is 0.329 e. The smallest absolute Gasteiger partial charge is 0.329 e. The molecule has 0 saturated carbocycles. The molecule has 9 heteroatoms. The lowest BCUT2D eigenvalue weighted by Gasteiger charge is -2.23. The molecule has 1 fully saturated rings. The van der Waals surface area contributed by atoms with Crippen LogP contribution in [0.25, 0.3) is 0 Å². The van der Waals surface area contributed by atoms with Crippen molar-refractivity contribution in [3.05, 3.63) is 36.4 Å². The van der Waals surface area contributed by atoms with Crippen molar-refractivity contribution in [3.63, 3.8) is 0 Å². The zero-order chi connectivity index (χ0) is 22.7. The van der Waals surface area contributed by atoms with Crippen molar-refractivity contribution in [3.8, 4) is 0 Å². The molecule has 0 bridgehead atoms. The zero-order valence-electron chi connectivity index (χ0n) is 17.6. The minimum Gasteiger partial charge on any atom is -0.451 e. The van der Waals surface area contributed by atoms with Crippen molar-refractivity contribution in [2.75, 3.05) is 10.6 Å². The van der Waals surface area contributed by atoms with Crippen LogP contribution in [0, 0.1) is 11.8 Å². The first kappa shape index (κ1) is 22.2. The monoisotopic (exact) mass is 427 g/mol. The minimum absolute atomic E-state index is 0.211. The number of hydrogen-bond donors (Lipinski definition) is 2. The largest absolute Gasteiger partial charge is 0.451 e. The molecule has 31 heavy (non-hydrogen) atoms. The first-order chi connectivity index (χ1) is 14.7. The van der Waals surface area contributed by atoms with Crippen LogP contribution in [0.4, 0.5) is 11.4 Å². The molecule has 4 atom stereocenters. The lowest BCUT2D eigenvalue weighted by Crippen LogP contribution is -2.46. The number of allylic oxidation sites excluding steroid dienone is 2. The molecule has 2 aliphatic rings. The highest BCUT2D eigenvalue weighted by Crippen LogP contribution is 2.36. The number of nitrogens with zero attached hydrogens (tertiary/aromatic N) is 1. The van der Waals surface area contributed by atoms with Gasteiger partial charge in [-0.25, -0.2) is 4.79 Å². The van der Waals surface area contributed by atoms with E-state index in [1.165, 1.54) is 20.8 Å². The summed E-state index contributed by atoms with van der Waals surface area (Å²) in [6, 6.07) is 5.32. The van der Waals surface area contributed by atoms with Crippen LogP contribution in [0.3, 0.4) is 0 Å². The number of benzene rings is 1. The van der Waals surface area contributed by atoms with E-state index in [1.807, 2.05) is 12.2 Å². The average molecular weight is 427 g/mol. The molecule has 1 heterocycles. The second kappa shape index (κ2) is 9.11. The number of likely N-dealkylation sites (tertiary alicyclic amines) is 1. The zero-order valence-corrected chi connectivity index (χ0v) is 17.6. The van der Waals surface area contributed by atoms with Gasteiger partial charge in [-0.05, 0) is 51.0 Å². The van der Waals surface area contributed by atoms with E-state index in [1.54, 1.807) is 24.3 Å². The van der Waals surface area contributed by atoms with Crippen LogP contribution in [0.1, 0.15) is 33.6 Å². The van der Waals surface area contributed by atoms with Gasteiger partial charge >= 0.3 is 5.97 Å². The topological polar surface area (TPSA) is 122 Å². The van der Waals surface area contributed by atoms with E-state index in [4.69, 9.17) is 4.74 Å². The Balaban J connectivity index is 1.57. The van der Waals surface area contributed by atoms with Gasteiger partial charge in [0, 0.05) is 18.3 Å². The number of carbonyl (C=O) groups is 5. The van der Waals surface area contributed by atoms with Crippen molar-refractivity contribution >= 4 is 41.0 Å². The second-order valence-electron chi connectivity index (χ2n) is 7.71. The minimum atomic E-state index is -1.14. The molecule has 0 radical (unpaired) electrons. The SMILES string of the molecule is CC(=O)Nc1ccc(NC(=O)[C@H](C)OC(=O)[C@H](C)N2C(=O)[C@@H]3CC=CC[C@H]3C2=O)cc1. The van der Waals surface area contributed by atoms with Gasteiger partial charge in [-0.15, -0.1) is 0 Å². The molecular formula is C22H25N3O6. The predicted octanol–water partition coefficient (Wildman–Crippen LogP) is 1.85.